The van der Waals surface area contributed by atoms with Crippen molar-refractivity contribution in [1.82, 2.24) is 9.99 Å². The second-order valence-corrected chi connectivity index (χ2v) is 1.66. The second-order valence-electron chi connectivity index (χ2n) is 1.66. The van der Waals surface area contributed by atoms with E-state index in [1.807, 2.05) is 0 Å². The molecule has 0 aliphatic carbocycles. The Morgan fingerprint density at radius 1 is 1.90 bits per heavy atom. The van der Waals surface area contributed by atoms with Crippen LogP contribution in [0.4, 0.5) is 0 Å². The monoisotopic (exact) mass is 141 g/mol. The van der Waals surface area contributed by atoms with Gasteiger partial charge in [0.05, 0.1) is 0 Å². The van der Waals surface area contributed by atoms with Crippen molar-refractivity contribution in [2.45, 2.75) is 0 Å². The summed E-state index contributed by atoms with van der Waals surface area (Å²) in [5.41, 5.74) is 2.48. The molecule has 1 aromatic heterocycles. The highest BCUT2D eigenvalue weighted by Crippen LogP contribution is 1.73. The molecule has 0 atom stereocenters. The largest absolute Gasteiger partial charge is 0.431 e. The van der Waals surface area contributed by atoms with E-state index in [4.69, 9.17) is 4.42 Å². The van der Waals surface area contributed by atoms with Crippen LogP contribution in [-0.2, 0) is 11.8 Å². The highest BCUT2D eigenvalue weighted by molar-refractivity contribution is 5.44. The molecule has 0 saturated carbocycles. The minimum atomic E-state index is 0.354. The minimum absolute atomic E-state index is 0.354. The second kappa shape index (κ2) is 2.86. The summed E-state index contributed by atoms with van der Waals surface area (Å²) in [6.07, 6.45) is 3.64. The third-order valence-corrected chi connectivity index (χ3v) is 0.973. The van der Waals surface area contributed by atoms with Gasteiger partial charge in [-0.25, -0.2) is 5.43 Å². The summed E-state index contributed by atoms with van der Waals surface area (Å²) in [7, 11) is 1.76. The van der Waals surface area contributed by atoms with Crippen molar-refractivity contribution >= 4 is 6.41 Å². The maximum atomic E-state index is 9.76. The minimum Gasteiger partial charge on any atom is -0.431 e. The molecule has 1 heterocycles. The quantitative estimate of drug-likeness (QED) is 0.432. The molecule has 5 nitrogen and oxygen atoms in total. The number of nitrogens with zero attached hydrogens (tertiary/aromatic N) is 2. The maximum Gasteiger partial charge on any atom is 0.318 e. The molecule has 0 aliphatic heterocycles. The third-order valence-electron chi connectivity index (χ3n) is 0.973. The van der Waals surface area contributed by atoms with Gasteiger partial charge in [-0.1, -0.05) is 0 Å². The highest BCUT2D eigenvalue weighted by Gasteiger charge is 1.86. The van der Waals surface area contributed by atoms with Gasteiger partial charge in [0.1, 0.15) is 6.26 Å². The molecule has 10 heavy (non-hydrogen) atoms. The fourth-order valence-electron chi connectivity index (χ4n) is 0.516. The summed E-state index contributed by atoms with van der Waals surface area (Å²) in [5, 5.41) is 3.56. The summed E-state index contributed by atoms with van der Waals surface area (Å²) in [4.78, 5) is 9.76. The molecule has 0 saturated heterocycles. The first-order chi connectivity index (χ1) is 4.84. The van der Waals surface area contributed by atoms with Gasteiger partial charge in [-0.05, 0) is 0 Å². The molecule has 1 N–H and O–H groups in total. The Labute approximate surface area is 57.0 Å². The van der Waals surface area contributed by atoms with Gasteiger partial charge in [0.2, 0.25) is 6.41 Å². The van der Waals surface area contributed by atoms with Gasteiger partial charge in [0.25, 0.3) is 0 Å². The number of hydrogen-bond acceptors (Lipinski definition) is 3. The van der Waals surface area contributed by atoms with Gasteiger partial charge in [-0.15, -0.1) is 5.10 Å². The molecule has 0 aromatic carbocycles. The fourth-order valence-corrected chi connectivity index (χ4v) is 0.516. The number of nitrogens with one attached hydrogen (secondary N) is 1. The van der Waals surface area contributed by atoms with Crippen LogP contribution >= 0.6 is 0 Å². The van der Waals surface area contributed by atoms with E-state index >= 15 is 0 Å². The van der Waals surface area contributed by atoms with Crippen LogP contribution in [0.5, 0.6) is 0 Å². The smallest absolute Gasteiger partial charge is 0.318 e. The van der Waals surface area contributed by atoms with Crippen molar-refractivity contribution in [1.29, 1.82) is 0 Å². The Kier molecular flexibility index (Phi) is 1.89. The normalized spacial score (nSPS) is 11.5. The molecule has 1 amide bonds. The summed E-state index contributed by atoms with van der Waals surface area (Å²) >= 11 is 0. The van der Waals surface area contributed by atoms with Crippen molar-refractivity contribution in [3.8, 4) is 0 Å². The molecule has 0 unspecified atom stereocenters. The Morgan fingerprint density at radius 2 is 2.70 bits per heavy atom. The van der Waals surface area contributed by atoms with E-state index in [0.29, 0.717) is 12.1 Å². The number of rotatable bonds is 2. The molecule has 0 bridgehead atoms. The van der Waals surface area contributed by atoms with Crippen molar-refractivity contribution in [3.05, 3.63) is 18.1 Å². The molecule has 5 heteroatoms. The molecular formula is C5H7N3O2. The Hall–Kier alpha value is -1.52. The van der Waals surface area contributed by atoms with Crippen LogP contribution in [0.1, 0.15) is 0 Å². The van der Waals surface area contributed by atoms with Crippen LogP contribution in [0.3, 0.4) is 0 Å². The summed E-state index contributed by atoms with van der Waals surface area (Å²) in [5.74, 6) is 0. The van der Waals surface area contributed by atoms with Gasteiger partial charge in [0, 0.05) is 13.2 Å². The number of hydrogen-bond donors (Lipinski definition) is 1. The first-order valence-electron chi connectivity index (χ1n) is 2.67. The summed E-state index contributed by atoms with van der Waals surface area (Å²) < 4.78 is 6.48. The zero-order chi connectivity index (χ0) is 7.40. The van der Waals surface area contributed by atoms with E-state index in [0.717, 1.165) is 0 Å². The molecule has 0 radical (unpaired) electrons. The predicted molar refractivity (Wildman–Crippen MR) is 32.4 cm³/mol. The summed E-state index contributed by atoms with van der Waals surface area (Å²) in [6.45, 7) is 0. The molecule has 0 fully saturated rings. The zero-order valence-electron chi connectivity index (χ0n) is 5.44. The van der Waals surface area contributed by atoms with Crippen LogP contribution in [0.15, 0.2) is 22.0 Å². The van der Waals surface area contributed by atoms with Crippen molar-refractivity contribution < 1.29 is 9.21 Å². The van der Waals surface area contributed by atoms with E-state index in [-0.39, 0.29) is 0 Å². The number of carbonyl (C=O) groups is 1. The SMILES string of the molecule is Cn1ccoc1=NNC=O. The van der Waals surface area contributed by atoms with Crippen LogP contribution in [0.2, 0.25) is 0 Å². The van der Waals surface area contributed by atoms with Crippen molar-refractivity contribution in [2.75, 3.05) is 0 Å². The first-order valence-corrected chi connectivity index (χ1v) is 2.67. The number of oxazole rings is 1. The van der Waals surface area contributed by atoms with Crippen molar-refractivity contribution in [2.24, 2.45) is 12.1 Å². The zero-order valence-corrected chi connectivity index (χ0v) is 5.44. The van der Waals surface area contributed by atoms with E-state index in [1.54, 1.807) is 17.8 Å². The number of aryl methyl sites for hydroxylation is 1. The maximum absolute atomic E-state index is 9.76. The van der Waals surface area contributed by atoms with Crippen LogP contribution in [0, 0.1) is 0 Å². The number of carbonyl (C=O) groups excluding carboxylic acids is 1. The van der Waals surface area contributed by atoms with Crippen molar-refractivity contribution in [3.63, 3.8) is 0 Å². The third kappa shape index (κ3) is 1.25. The van der Waals surface area contributed by atoms with Gasteiger partial charge >= 0.3 is 5.68 Å². The van der Waals surface area contributed by atoms with Gasteiger partial charge in [-0.3, -0.25) is 4.79 Å². The Morgan fingerprint density at radius 3 is 3.20 bits per heavy atom. The lowest BCUT2D eigenvalue weighted by Gasteiger charge is -1.84. The summed E-state index contributed by atoms with van der Waals surface area (Å²) in [6, 6.07) is 0. The molecule has 54 valence electrons. The molecule has 1 rings (SSSR count). The standard InChI is InChI=1S/C5H7N3O2/c1-8-2-3-10-5(8)7-6-4-9/h2-4H,1H3,(H,6,9). The molecule has 1 aromatic rings. The van der Waals surface area contributed by atoms with E-state index < -0.39 is 0 Å². The molecular weight excluding hydrogens is 134 g/mol. The Balaban J connectivity index is 2.91. The van der Waals surface area contributed by atoms with Gasteiger partial charge in [-0.2, -0.15) is 0 Å². The van der Waals surface area contributed by atoms with Crippen LogP contribution in [0.25, 0.3) is 0 Å². The van der Waals surface area contributed by atoms with Gasteiger partial charge in [0.15, 0.2) is 0 Å². The average molecular weight is 141 g/mol. The van der Waals surface area contributed by atoms with E-state index in [1.165, 1.54) is 6.26 Å². The number of amides is 1. The lowest BCUT2D eigenvalue weighted by molar-refractivity contribution is -0.109. The molecule has 0 spiro atoms. The lowest BCUT2D eigenvalue weighted by atomic mass is 10.9. The van der Waals surface area contributed by atoms with Crippen LogP contribution < -0.4 is 11.1 Å². The molecule has 0 aliphatic rings. The van der Waals surface area contributed by atoms with Crippen LogP contribution in [-0.4, -0.2) is 11.0 Å². The predicted octanol–water partition coefficient (Wildman–Crippen LogP) is -0.820. The Bertz CT molecular complexity index is 272. The van der Waals surface area contributed by atoms with E-state index in [9.17, 15) is 4.79 Å². The topological polar surface area (TPSA) is 59.5 Å². The lowest BCUT2D eigenvalue weighted by Crippen LogP contribution is -2.16. The average Bonchev–Trinajstić information content (AvgIpc) is 2.31. The number of aromatic nitrogens is 1. The first kappa shape index (κ1) is 6.60. The fraction of sp³-hybridized carbons (Fsp3) is 0.200. The van der Waals surface area contributed by atoms with E-state index in [2.05, 4.69) is 10.5 Å². The highest BCUT2D eigenvalue weighted by atomic mass is 16.3. The van der Waals surface area contributed by atoms with Gasteiger partial charge < -0.3 is 8.98 Å².